The third kappa shape index (κ3) is 3.87. The number of rotatable bonds is 4. The van der Waals surface area contributed by atoms with Crippen molar-refractivity contribution in [1.82, 2.24) is 14.8 Å². The van der Waals surface area contributed by atoms with Crippen molar-refractivity contribution in [3.63, 3.8) is 0 Å². The average molecular weight is 403 g/mol. The van der Waals surface area contributed by atoms with Gasteiger partial charge in [0, 0.05) is 5.02 Å². The number of nitrogens with zero attached hydrogens (tertiary/aromatic N) is 2. The fourth-order valence-corrected chi connectivity index (χ4v) is 3.04. The second-order valence-electron chi connectivity index (χ2n) is 5.09. The minimum Gasteiger partial charge on any atom is -0.290 e. The number of sulfonamides is 1. The van der Waals surface area contributed by atoms with Crippen LogP contribution in [0.3, 0.4) is 0 Å². The first-order valence-electron chi connectivity index (χ1n) is 7.04. The summed E-state index contributed by atoms with van der Waals surface area (Å²) in [6.07, 6.45) is -4.83. The van der Waals surface area contributed by atoms with Crippen molar-refractivity contribution in [2.45, 2.75) is 11.1 Å². The average Bonchev–Trinajstić information content (AvgIpc) is 2.59. The van der Waals surface area contributed by atoms with Crippen LogP contribution in [0, 0.1) is 0 Å². The second-order valence-corrected chi connectivity index (χ2v) is 7.21. The van der Waals surface area contributed by atoms with Crippen molar-refractivity contribution in [1.29, 1.82) is 0 Å². The van der Waals surface area contributed by atoms with Crippen molar-refractivity contribution in [3.8, 4) is 0 Å². The Balaban J connectivity index is 1.96. The lowest BCUT2D eigenvalue weighted by Crippen LogP contribution is -2.31. The van der Waals surface area contributed by atoms with Crippen LogP contribution in [0.1, 0.15) is 5.69 Å². The number of hydrazine groups is 1. The summed E-state index contributed by atoms with van der Waals surface area (Å²) in [5, 5.41) is 0.316. The van der Waals surface area contributed by atoms with E-state index in [1.165, 1.54) is 42.5 Å². The van der Waals surface area contributed by atoms with Gasteiger partial charge >= 0.3 is 6.18 Å². The van der Waals surface area contributed by atoms with Crippen LogP contribution in [-0.2, 0) is 16.2 Å². The molecule has 0 saturated carbocycles. The van der Waals surface area contributed by atoms with E-state index in [0.29, 0.717) is 5.02 Å². The molecule has 2 aromatic carbocycles. The first-order valence-corrected chi connectivity index (χ1v) is 8.90. The van der Waals surface area contributed by atoms with E-state index in [0.717, 1.165) is 0 Å². The fraction of sp³-hybridized carbons (Fsp3) is 0.0667. The number of para-hydroxylation sites is 2. The monoisotopic (exact) mass is 402 g/mol. The predicted molar refractivity (Wildman–Crippen MR) is 89.9 cm³/mol. The molecule has 0 atom stereocenters. The molecular formula is C15H10ClF3N4O2S. The highest BCUT2D eigenvalue weighted by Gasteiger charge is 2.37. The molecule has 1 aromatic heterocycles. The summed E-state index contributed by atoms with van der Waals surface area (Å²) in [5.41, 5.74) is 0.871. The van der Waals surface area contributed by atoms with Crippen molar-refractivity contribution < 1.29 is 21.6 Å². The molecule has 2 N–H and O–H groups in total. The molecule has 3 rings (SSSR count). The summed E-state index contributed by atoms with van der Waals surface area (Å²) < 4.78 is 64.1. The number of halogens is 4. The largest absolute Gasteiger partial charge is 0.437 e. The maximum absolute atomic E-state index is 13.2. The molecule has 3 aromatic rings. The summed E-state index contributed by atoms with van der Waals surface area (Å²) in [6, 6.07) is 11.0. The van der Waals surface area contributed by atoms with Crippen LogP contribution >= 0.6 is 11.6 Å². The van der Waals surface area contributed by atoms with E-state index in [-0.39, 0.29) is 15.9 Å². The van der Waals surface area contributed by atoms with E-state index in [1.54, 1.807) is 6.07 Å². The molecule has 0 unspecified atom stereocenters. The molecule has 0 bridgehead atoms. The highest BCUT2D eigenvalue weighted by atomic mass is 35.5. The molecular weight excluding hydrogens is 393 g/mol. The summed E-state index contributed by atoms with van der Waals surface area (Å²) in [6.45, 7) is 0. The van der Waals surface area contributed by atoms with Gasteiger partial charge in [-0.25, -0.2) is 18.4 Å². The minimum absolute atomic E-state index is 0.0333. The number of hydrogen-bond donors (Lipinski definition) is 2. The Morgan fingerprint density at radius 3 is 2.08 bits per heavy atom. The second kappa shape index (κ2) is 6.71. The SMILES string of the molecule is O=S(=O)(NNc1nc2ccccc2nc1C(F)(F)F)c1ccc(Cl)cc1. The van der Waals surface area contributed by atoms with E-state index in [9.17, 15) is 21.6 Å². The number of alkyl halides is 3. The van der Waals surface area contributed by atoms with E-state index >= 15 is 0 Å². The van der Waals surface area contributed by atoms with E-state index < -0.39 is 27.7 Å². The molecule has 26 heavy (non-hydrogen) atoms. The lowest BCUT2D eigenvalue weighted by atomic mass is 10.3. The summed E-state index contributed by atoms with van der Waals surface area (Å²) >= 11 is 5.69. The minimum atomic E-state index is -4.83. The van der Waals surface area contributed by atoms with Crippen LogP contribution in [0.2, 0.25) is 5.02 Å². The fourth-order valence-electron chi connectivity index (χ4n) is 2.07. The summed E-state index contributed by atoms with van der Waals surface area (Å²) in [5.74, 6) is -0.756. The Hall–Kier alpha value is -2.43. The number of anilines is 1. The molecule has 0 radical (unpaired) electrons. The van der Waals surface area contributed by atoms with Crippen molar-refractivity contribution >= 4 is 38.5 Å². The molecule has 0 aliphatic heterocycles. The quantitative estimate of drug-likeness (QED) is 0.651. The summed E-state index contributed by atoms with van der Waals surface area (Å²) in [7, 11) is -4.15. The topological polar surface area (TPSA) is 84.0 Å². The van der Waals surface area contributed by atoms with Crippen molar-refractivity contribution in [3.05, 3.63) is 59.2 Å². The van der Waals surface area contributed by atoms with E-state index in [2.05, 4.69) is 9.97 Å². The molecule has 136 valence electrons. The first kappa shape index (κ1) is 18.4. The van der Waals surface area contributed by atoms with Crippen LogP contribution in [0.15, 0.2) is 53.4 Å². The Morgan fingerprint density at radius 1 is 0.923 bits per heavy atom. The molecule has 0 aliphatic rings. The smallest absolute Gasteiger partial charge is 0.290 e. The number of nitrogens with one attached hydrogen (secondary N) is 2. The Bertz CT molecular complexity index is 1060. The lowest BCUT2D eigenvalue weighted by molar-refractivity contribution is -0.140. The maximum atomic E-state index is 13.2. The van der Waals surface area contributed by atoms with Crippen LogP contribution in [-0.4, -0.2) is 18.4 Å². The molecule has 11 heteroatoms. The first-order chi connectivity index (χ1) is 12.2. The summed E-state index contributed by atoms with van der Waals surface area (Å²) in [4.78, 5) is 9.02. The molecule has 0 aliphatic carbocycles. The van der Waals surface area contributed by atoms with E-state index in [4.69, 9.17) is 11.6 Å². The number of benzene rings is 2. The van der Waals surface area contributed by atoms with Crippen LogP contribution < -0.4 is 10.3 Å². The van der Waals surface area contributed by atoms with Gasteiger partial charge in [0.05, 0.1) is 15.9 Å². The molecule has 6 nitrogen and oxygen atoms in total. The van der Waals surface area contributed by atoms with Crippen LogP contribution in [0.4, 0.5) is 19.0 Å². The van der Waals surface area contributed by atoms with Crippen LogP contribution in [0.5, 0.6) is 0 Å². The van der Waals surface area contributed by atoms with Gasteiger partial charge in [0.2, 0.25) is 0 Å². The molecule has 0 spiro atoms. The van der Waals surface area contributed by atoms with Crippen LogP contribution in [0.25, 0.3) is 11.0 Å². The predicted octanol–water partition coefficient (Wildman–Crippen LogP) is 3.61. The van der Waals surface area contributed by atoms with Gasteiger partial charge in [-0.3, -0.25) is 5.43 Å². The number of aromatic nitrogens is 2. The Morgan fingerprint density at radius 2 is 1.50 bits per heavy atom. The van der Waals surface area contributed by atoms with E-state index in [1.807, 2.05) is 10.3 Å². The van der Waals surface area contributed by atoms with Gasteiger partial charge in [-0.2, -0.15) is 13.2 Å². The zero-order chi connectivity index (χ0) is 18.9. The molecule has 1 heterocycles. The van der Waals surface area contributed by atoms with Gasteiger partial charge < -0.3 is 0 Å². The van der Waals surface area contributed by atoms with Gasteiger partial charge in [0.15, 0.2) is 11.5 Å². The zero-order valence-corrected chi connectivity index (χ0v) is 14.3. The number of hydrogen-bond acceptors (Lipinski definition) is 5. The lowest BCUT2D eigenvalue weighted by Gasteiger charge is -2.14. The molecule has 0 fully saturated rings. The van der Waals surface area contributed by atoms with Gasteiger partial charge in [-0.1, -0.05) is 23.7 Å². The van der Waals surface area contributed by atoms with Gasteiger partial charge in [0.25, 0.3) is 10.0 Å². The highest BCUT2D eigenvalue weighted by molar-refractivity contribution is 7.89. The van der Waals surface area contributed by atoms with Gasteiger partial charge in [-0.15, -0.1) is 4.83 Å². The Kier molecular flexibility index (Phi) is 4.74. The number of fused-ring (bicyclic) bond motifs is 1. The molecule has 0 saturated heterocycles. The zero-order valence-electron chi connectivity index (χ0n) is 12.7. The normalized spacial score (nSPS) is 12.3. The van der Waals surface area contributed by atoms with Crippen molar-refractivity contribution in [2.75, 3.05) is 5.43 Å². The third-order valence-corrected chi connectivity index (χ3v) is 4.78. The van der Waals surface area contributed by atoms with Gasteiger partial charge in [0.1, 0.15) is 0 Å². The third-order valence-electron chi connectivity index (χ3n) is 3.27. The van der Waals surface area contributed by atoms with Crippen molar-refractivity contribution in [2.24, 2.45) is 0 Å². The van der Waals surface area contributed by atoms with Gasteiger partial charge in [-0.05, 0) is 36.4 Å². The Labute approximate surface area is 151 Å². The molecule has 0 amide bonds. The maximum Gasteiger partial charge on any atom is 0.437 e. The standard InChI is InChI=1S/C15H10ClF3N4O2S/c16-9-5-7-10(8-6-9)26(24,25)23-22-14-13(15(17,18)19)20-11-3-1-2-4-12(11)21-14/h1-8,23H,(H,21,22). The highest BCUT2D eigenvalue weighted by Crippen LogP contribution is 2.33.